The molecule has 0 fully saturated rings. The van der Waals surface area contributed by atoms with Crippen molar-refractivity contribution in [3.05, 3.63) is 96.1 Å². The lowest BCUT2D eigenvalue weighted by molar-refractivity contribution is 0.752. The maximum absolute atomic E-state index is 4.89. The van der Waals surface area contributed by atoms with Gasteiger partial charge in [0.1, 0.15) is 12.0 Å². The molecule has 2 aromatic heterocycles. The van der Waals surface area contributed by atoms with Crippen molar-refractivity contribution in [2.75, 3.05) is 9.80 Å². The molecule has 0 saturated heterocycles. The lowest BCUT2D eigenvalue weighted by Gasteiger charge is -2.30. The molecular formula is C27H22N6. The Labute approximate surface area is 191 Å². The average molecular weight is 431 g/mol. The predicted octanol–water partition coefficient (Wildman–Crippen LogP) is 5.66. The molecule has 6 nitrogen and oxygen atoms in total. The number of fused-ring (bicyclic) bond motifs is 6. The highest BCUT2D eigenvalue weighted by Gasteiger charge is 2.38. The fraction of sp³-hybridized carbons (Fsp3) is 0.148. The van der Waals surface area contributed by atoms with E-state index in [9.17, 15) is 0 Å². The van der Waals surface area contributed by atoms with Gasteiger partial charge in [0.05, 0.1) is 16.7 Å². The van der Waals surface area contributed by atoms with E-state index in [1.54, 1.807) is 12.4 Å². The molecule has 160 valence electrons. The summed E-state index contributed by atoms with van der Waals surface area (Å²) in [6.45, 7) is 4.39. The van der Waals surface area contributed by atoms with E-state index in [1.165, 1.54) is 22.3 Å². The number of aromatic nitrogens is 4. The number of aryl methyl sites for hydroxylation is 1. The van der Waals surface area contributed by atoms with E-state index in [-0.39, 0.29) is 6.17 Å². The number of imidazole rings is 1. The third-order valence-electron chi connectivity index (χ3n) is 6.77. The average Bonchev–Trinajstić information content (AvgIpc) is 3.46. The Morgan fingerprint density at radius 1 is 0.818 bits per heavy atom. The van der Waals surface area contributed by atoms with Gasteiger partial charge in [-0.15, -0.1) is 0 Å². The van der Waals surface area contributed by atoms with Gasteiger partial charge in [0, 0.05) is 30.2 Å². The van der Waals surface area contributed by atoms with Crippen LogP contribution in [-0.2, 0) is 6.42 Å². The van der Waals surface area contributed by atoms with Crippen molar-refractivity contribution in [2.45, 2.75) is 26.4 Å². The lowest BCUT2D eigenvalue weighted by Crippen LogP contribution is -2.36. The summed E-state index contributed by atoms with van der Waals surface area (Å²) in [5.41, 5.74) is 8.22. The molecule has 4 heterocycles. The van der Waals surface area contributed by atoms with Gasteiger partial charge in [0.25, 0.3) is 0 Å². The maximum atomic E-state index is 4.89. The molecule has 7 rings (SSSR count). The van der Waals surface area contributed by atoms with Crippen LogP contribution in [0, 0.1) is 6.92 Å². The predicted molar refractivity (Wildman–Crippen MR) is 131 cm³/mol. The molecule has 0 N–H and O–H groups in total. The standard InChI is InChI=1S/C27H22N6/c1-17-14-24-19(16-25-30-21-10-6-7-11-22(21)33(24)25)15-23(17)32-18(2)31(20-8-4-3-5-9-20)26-27(32)29-13-12-28-26/h3-15,18H,16H2,1-2H3/t18-/m0/s1. The Balaban J connectivity index is 1.38. The molecule has 0 radical (unpaired) electrons. The number of hydrogen-bond acceptors (Lipinski definition) is 5. The van der Waals surface area contributed by atoms with Crippen LogP contribution in [0.25, 0.3) is 16.7 Å². The molecule has 0 bridgehead atoms. The lowest BCUT2D eigenvalue weighted by atomic mass is 10.1. The highest BCUT2D eigenvalue weighted by molar-refractivity contribution is 5.86. The van der Waals surface area contributed by atoms with Gasteiger partial charge in [0.15, 0.2) is 11.6 Å². The number of rotatable bonds is 2. The molecule has 2 aliphatic heterocycles. The van der Waals surface area contributed by atoms with Crippen LogP contribution in [0.2, 0.25) is 0 Å². The van der Waals surface area contributed by atoms with Crippen LogP contribution in [0.4, 0.5) is 23.0 Å². The number of hydrogen-bond donors (Lipinski definition) is 0. The minimum atomic E-state index is 0.0424. The summed E-state index contributed by atoms with van der Waals surface area (Å²) in [5.74, 6) is 2.87. The fourth-order valence-electron chi connectivity index (χ4n) is 5.34. The van der Waals surface area contributed by atoms with Gasteiger partial charge in [-0.2, -0.15) is 0 Å². The third kappa shape index (κ3) is 2.52. The summed E-state index contributed by atoms with van der Waals surface area (Å²) in [4.78, 5) is 18.9. The molecule has 3 aromatic carbocycles. The molecular weight excluding hydrogens is 408 g/mol. The Hall–Kier alpha value is -4.19. The second-order valence-corrected chi connectivity index (χ2v) is 8.71. The molecule has 5 aromatic rings. The van der Waals surface area contributed by atoms with Gasteiger partial charge in [-0.1, -0.05) is 30.3 Å². The van der Waals surface area contributed by atoms with E-state index in [0.717, 1.165) is 40.8 Å². The highest BCUT2D eigenvalue weighted by Crippen LogP contribution is 2.47. The van der Waals surface area contributed by atoms with Gasteiger partial charge < -0.3 is 9.80 Å². The van der Waals surface area contributed by atoms with Crippen LogP contribution in [-0.4, -0.2) is 25.7 Å². The highest BCUT2D eigenvalue weighted by atomic mass is 15.5. The van der Waals surface area contributed by atoms with Crippen molar-refractivity contribution in [3.63, 3.8) is 0 Å². The first-order valence-electron chi connectivity index (χ1n) is 11.3. The number of para-hydroxylation sites is 3. The molecule has 1 atom stereocenters. The van der Waals surface area contributed by atoms with Gasteiger partial charge in [0.2, 0.25) is 0 Å². The summed E-state index contributed by atoms with van der Waals surface area (Å²) in [5, 5.41) is 0. The summed E-state index contributed by atoms with van der Waals surface area (Å²) >= 11 is 0. The molecule has 0 unspecified atom stereocenters. The Morgan fingerprint density at radius 3 is 2.36 bits per heavy atom. The summed E-state index contributed by atoms with van der Waals surface area (Å²) in [7, 11) is 0. The fourth-order valence-corrected chi connectivity index (χ4v) is 5.34. The minimum absolute atomic E-state index is 0.0424. The molecule has 0 saturated carbocycles. The molecule has 33 heavy (non-hydrogen) atoms. The SMILES string of the molecule is Cc1cc2c(cc1N1c3nccnc3N(c3ccccc3)[C@@H]1C)Cc1nc3ccccc3n1-2. The normalized spacial score (nSPS) is 16.2. The van der Waals surface area contributed by atoms with Crippen molar-refractivity contribution in [1.82, 2.24) is 19.5 Å². The zero-order valence-corrected chi connectivity index (χ0v) is 18.5. The van der Waals surface area contributed by atoms with Gasteiger partial charge in [-0.3, -0.25) is 4.57 Å². The smallest absolute Gasteiger partial charge is 0.178 e. The van der Waals surface area contributed by atoms with Gasteiger partial charge in [-0.25, -0.2) is 15.0 Å². The number of anilines is 4. The molecule has 2 aliphatic rings. The number of nitrogens with zero attached hydrogens (tertiary/aromatic N) is 6. The Bertz CT molecular complexity index is 1540. The number of benzene rings is 3. The van der Waals surface area contributed by atoms with Gasteiger partial charge >= 0.3 is 0 Å². The van der Waals surface area contributed by atoms with E-state index >= 15 is 0 Å². The van der Waals surface area contributed by atoms with Gasteiger partial charge in [-0.05, 0) is 61.4 Å². The monoisotopic (exact) mass is 430 g/mol. The molecule has 0 amide bonds. The van der Waals surface area contributed by atoms with Crippen LogP contribution < -0.4 is 9.80 Å². The van der Waals surface area contributed by atoms with Crippen LogP contribution in [0.5, 0.6) is 0 Å². The second kappa shape index (κ2) is 6.65. The summed E-state index contributed by atoms with van der Waals surface area (Å²) in [6, 6.07) is 23.4. The van der Waals surface area contributed by atoms with E-state index < -0.39 is 0 Å². The largest absolute Gasteiger partial charge is 0.302 e. The first kappa shape index (κ1) is 18.4. The van der Waals surface area contributed by atoms with Crippen LogP contribution in [0.3, 0.4) is 0 Å². The van der Waals surface area contributed by atoms with Crippen molar-refractivity contribution in [2.24, 2.45) is 0 Å². The maximum Gasteiger partial charge on any atom is 0.178 e. The van der Waals surface area contributed by atoms with Crippen LogP contribution >= 0.6 is 0 Å². The first-order valence-corrected chi connectivity index (χ1v) is 11.3. The second-order valence-electron chi connectivity index (χ2n) is 8.71. The Kier molecular flexibility index (Phi) is 3.71. The van der Waals surface area contributed by atoms with E-state index in [1.807, 2.05) is 12.1 Å². The van der Waals surface area contributed by atoms with Crippen LogP contribution in [0.1, 0.15) is 23.9 Å². The topological polar surface area (TPSA) is 50.1 Å². The zero-order valence-electron chi connectivity index (χ0n) is 18.5. The third-order valence-corrected chi connectivity index (χ3v) is 6.77. The van der Waals surface area contributed by atoms with Crippen molar-refractivity contribution in [1.29, 1.82) is 0 Å². The van der Waals surface area contributed by atoms with Crippen molar-refractivity contribution in [3.8, 4) is 5.69 Å². The molecule has 0 aliphatic carbocycles. The van der Waals surface area contributed by atoms with E-state index in [0.29, 0.717) is 0 Å². The van der Waals surface area contributed by atoms with E-state index in [4.69, 9.17) is 15.0 Å². The van der Waals surface area contributed by atoms with Crippen LogP contribution in [0.15, 0.2) is 79.1 Å². The minimum Gasteiger partial charge on any atom is -0.302 e. The first-order chi connectivity index (χ1) is 16.2. The summed E-state index contributed by atoms with van der Waals surface area (Å²) < 4.78 is 2.30. The summed E-state index contributed by atoms with van der Waals surface area (Å²) in [6.07, 6.45) is 4.41. The zero-order chi connectivity index (χ0) is 22.1. The molecule has 6 heteroatoms. The van der Waals surface area contributed by atoms with Crippen molar-refractivity contribution < 1.29 is 0 Å². The quantitative estimate of drug-likeness (QED) is 0.355. The van der Waals surface area contributed by atoms with E-state index in [2.05, 4.69) is 82.8 Å². The van der Waals surface area contributed by atoms with Crippen molar-refractivity contribution >= 4 is 34.0 Å². The molecule has 0 spiro atoms. The Morgan fingerprint density at radius 2 is 1.55 bits per heavy atom.